The Hall–Kier alpha value is -2.35. The van der Waals surface area contributed by atoms with E-state index in [9.17, 15) is 13.6 Å². The molecule has 0 aromatic carbocycles. The zero-order chi connectivity index (χ0) is 16.7. The average Bonchev–Trinajstić information content (AvgIpc) is 3.31. The van der Waals surface area contributed by atoms with Crippen molar-refractivity contribution in [3.63, 3.8) is 0 Å². The van der Waals surface area contributed by atoms with Gasteiger partial charge in [0.25, 0.3) is 12.3 Å². The molecule has 1 atom stereocenters. The van der Waals surface area contributed by atoms with Crippen LogP contribution >= 0.6 is 11.3 Å². The Labute approximate surface area is 140 Å². The lowest BCUT2D eigenvalue weighted by Crippen LogP contribution is -2.30. The van der Waals surface area contributed by atoms with Crippen LogP contribution in [0.1, 0.15) is 46.4 Å². The maximum absolute atomic E-state index is 13.0. The molecule has 0 N–H and O–H groups in total. The van der Waals surface area contributed by atoms with Crippen LogP contribution in [0.5, 0.6) is 0 Å². The molecule has 124 valence electrons. The van der Waals surface area contributed by atoms with E-state index < -0.39 is 12.2 Å². The molecule has 1 aliphatic heterocycles. The average molecular weight is 348 g/mol. The van der Waals surface area contributed by atoms with Crippen molar-refractivity contribution in [1.82, 2.24) is 19.5 Å². The standard InChI is InChI=1S/C16H14F2N4OS/c17-14(18)15-20-19-13-6-5-10(9-22(13)15)16(23)21-7-1-3-11(21)12-4-2-8-24-12/h2,4-6,8-9,11,14H,1,3,7H2/t11-/m0/s1. The number of carbonyl (C=O) groups excluding carboxylic acids is 1. The highest BCUT2D eigenvalue weighted by molar-refractivity contribution is 7.10. The summed E-state index contributed by atoms with van der Waals surface area (Å²) in [5, 5.41) is 9.19. The molecule has 8 heteroatoms. The molecule has 0 aliphatic carbocycles. The first-order valence-electron chi connectivity index (χ1n) is 7.62. The largest absolute Gasteiger partial charge is 0.331 e. The lowest BCUT2D eigenvalue weighted by molar-refractivity contribution is 0.0737. The topological polar surface area (TPSA) is 50.5 Å². The number of aromatic nitrogens is 3. The number of thiophene rings is 1. The molecule has 1 fully saturated rings. The number of pyridine rings is 1. The van der Waals surface area contributed by atoms with Crippen LogP contribution in [0.4, 0.5) is 8.78 Å². The van der Waals surface area contributed by atoms with Gasteiger partial charge >= 0.3 is 0 Å². The summed E-state index contributed by atoms with van der Waals surface area (Å²) >= 11 is 1.63. The van der Waals surface area contributed by atoms with E-state index in [0.29, 0.717) is 17.8 Å². The molecule has 0 radical (unpaired) electrons. The van der Waals surface area contributed by atoms with Gasteiger partial charge < -0.3 is 4.90 Å². The van der Waals surface area contributed by atoms with Crippen molar-refractivity contribution in [3.8, 4) is 0 Å². The molecule has 24 heavy (non-hydrogen) atoms. The van der Waals surface area contributed by atoms with E-state index in [1.165, 1.54) is 10.6 Å². The molecule has 0 bridgehead atoms. The molecule has 1 amide bonds. The summed E-state index contributed by atoms with van der Waals surface area (Å²) in [5.41, 5.74) is 0.672. The smallest absolute Gasteiger partial charge is 0.297 e. The molecule has 3 aromatic rings. The Morgan fingerprint density at radius 2 is 2.17 bits per heavy atom. The Bertz CT molecular complexity index is 877. The van der Waals surface area contributed by atoms with Crippen LogP contribution in [-0.2, 0) is 0 Å². The number of alkyl halides is 2. The minimum absolute atomic E-state index is 0.0590. The predicted molar refractivity (Wildman–Crippen MR) is 85.3 cm³/mol. The molecule has 0 spiro atoms. The number of carbonyl (C=O) groups is 1. The maximum Gasteiger partial charge on any atom is 0.297 e. The third kappa shape index (κ3) is 2.47. The van der Waals surface area contributed by atoms with Gasteiger partial charge in [-0.3, -0.25) is 9.20 Å². The molecule has 4 heterocycles. The predicted octanol–water partition coefficient (Wildman–Crippen LogP) is 3.71. The third-order valence-electron chi connectivity index (χ3n) is 4.26. The van der Waals surface area contributed by atoms with E-state index >= 15 is 0 Å². The van der Waals surface area contributed by atoms with Crippen LogP contribution in [-0.4, -0.2) is 31.9 Å². The minimum Gasteiger partial charge on any atom is -0.331 e. The second-order valence-electron chi connectivity index (χ2n) is 5.68. The van der Waals surface area contributed by atoms with Crippen LogP contribution in [0.25, 0.3) is 5.65 Å². The van der Waals surface area contributed by atoms with Crippen LogP contribution in [0, 0.1) is 0 Å². The van der Waals surface area contributed by atoms with Gasteiger partial charge in [0.1, 0.15) is 0 Å². The summed E-state index contributed by atoms with van der Waals surface area (Å²) in [7, 11) is 0. The molecule has 4 rings (SSSR count). The van der Waals surface area contributed by atoms with Gasteiger partial charge in [-0.05, 0) is 36.4 Å². The third-order valence-corrected chi connectivity index (χ3v) is 5.23. The fourth-order valence-electron chi connectivity index (χ4n) is 3.14. The molecule has 0 saturated carbocycles. The number of nitrogens with zero attached hydrogens (tertiary/aromatic N) is 4. The normalized spacial score (nSPS) is 18.0. The van der Waals surface area contributed by atoms with Crippen LogP contribution < -0.4 is 0 Å². The maximum atomic E-state index is 13.0. The van der Waals surface area contributed by atoms with Crippen molar-refractivity contribution in [2.45, 2.75) is 25.3 Å². The van der Waals surface area contributed by atoms with Crippen molar-refractivity contribution < 1.29 is 13.6 Å². The summed E-state index contributed by atoms with van der Waals surface area (Å²) in [4.78, 5) is 15.9. The van der Waals surface area contributed by atoms with Crippen molar-refractivity contribution >= 4 is 22.9 Å². The van der Waals surface area contributed by atoms with Gasteiger partial charge in [0.05, 0.1) is 11.6 Å². The number of hydrogen-bond donors (Lipinski definition) is 0. The lowest BCUT2D eigenvalue weighted by atomic mass is 10.1. The molecule has 1 aliphatic rings. The summed E-state index contributed by atoms with van der Waals surface area (Å²) < 4.78 is 27.2. The van der Waals surface area contributed by atoms with Crippen molar-refractivity contribution in [2.24, 2.45) is 0 Å². The van der Waals surface area contributed by atoms with Gasteiger partial charge in [-0.2, -0.15) is 0 Å². The number of likely N-dealkylation sites (tertiary alicyclic amines) is 1. The summed E-state index contributed by atoms with van der Waals surface area (Å²) in [6.07, 6.45) is 0.522. The van der Waals surface area contributed by atoms with Gasteiger partial charge in [0, 0.05) is 17.6 Å². The van der Waals surface area contributed by atoms with Gasteiger partial charge in [0.15, 0.2) is 5.65 Å². The minimum atomic E-state index is -2.74. The van der Waals surface area contributed by atoms with Gasteiger partial charge in [0.2, 0.25) is 5.82 Å². The monoisotopic (exact) mass is 348 g/mol. The molecular weight excluding hydrogens is 334 g/mol. The fraction of sp³-hybridized carbons (Fsp3) is 0.312. The quantitative estimate of drug-likeness (QED) is 0.725. The van der Waals surface area contributed by atoms with E-state index in [2.05, 4.69) is 10.2 Å². The zero-order valence-electron chi connectivity index (χ0n) is 12.6. The summed E-state index contributed by atoms with van der Waals surface area (Å²) in [5.74, 6) is -0.599. The number of hydrogen-bond acceptors (Lipinski definition) is 4. The van der Waals surface area contributed by atoms with Gasteiger partial charge in [-0.1, -0.05) is 6.07 Å². The van der Waals surface area contributed by atoms with Gasteiger partial charge in [-0.15, -0.1) is 21.5 Å². The Balaban J connectivity index is 1.69. The van der Waals surface area contributed by atoms with Crippen LogP contribution in [0.3, 0.4) is 0 Å². The summed E-state index contributed by atoms with van der Waals surface area (Å²) in [6.45, 7) is 0.670. The second kappa shape index (κ2) is 5.94. The van der Waals surface area contributed by atoms with E-state index in [1.807, 2.05) is 22.4 Å². The Morgan fingerprint density at radius 3 is 2.92 bits per heavy atom. The van der Waals surface area contributed by atoms with Crippen molar-refractivity contribution in [1.29, 1.82) is 0 Å². The van der Waals surface area contributed by atoms with E-state index in [4.69, 9.17) is 0 Å². The number of rotatable bonds is 3. The molecular formula is C16H14F2N4OS. The van der Waals surface area contributed by atoms with Crippen LogP contribution in [0.2, 0.25) is 0 Å². The number of halogens is 2. The lowest BCUT2D eigenvalue weighted by Gasteiger charge is -2.24. The highest BCUT2D eigenvalue weighted by atomic mass is 32.1. The zero-order valence-corrected chi connectivity index (χ0v) is 13.4. The van der Waals surface area contributed by atoms with E-state index in [1.54, 1.807) is 23.5 Å². The fourth-order valence-corrected chi connectivity index (χ4v) is 4.01. The molecule has 5 nitrogen and oxygen atoms in total. The number of amides is 1. The SMILES string of the molecule is O=C(c1ccc2nnc(C(F)F)n2c1)N1CCC[C@H]1c1cccs1. The number of fused-ring (bicyclic) bond motifs is 1. The first-order chi connectivity index (χ1) is 11.6. The van der Waals surface area contributed by atoms with Crippen molar-refractivity contribution in [3.05, 3.63) is 52.1 Å². The molecule has 3 aromatic heterocycles. The van der Waals surface area contributed by atoms with E-state index in [0.717, 1.165) is 17.7 Å². The Morgan fingerprint density at radius 1 is 1.29 bits per heavy atom. The molecule has 0 unspecified atom stereocenters. The second-order valence-corrected chi connectivity index (χ2v) is 6.66. The highest BCUT2D eigenvalue weighted by Crippen LogP contribution is 2.35. The first kappa shape index (κ1) is 15.2. The van der Waals surface area contributed by atoms with Gasteiger partial charge in [-0.25, -0.2) is 8.78 Å². The first-order valence-corrected chi connectivity index (χ1v) is 8.50. The summed E-state index contributed by atoms with van der Waals surface area (Å²) in [6, 6.07) is 7.22. The van der Waals surface area contributed by atoms with E-state index in [-0.39, 0.29) is 11.9 Å². The highest BCUT2D eigenvalue weighted by Gasteiger charge is 2.31. The van der Waals surface area contributed by atoms with Crippen molar-refractivity contribution in [2.75, 3.05) is 6.54 Å². The van der Waals surface area contributed by atoms with Crippen LogP contribution in [0.15, 0.2) is 35.8 Å². The molecule has 1 saturated heterocycles. The Kier molecular flexibility index (Phi) is 3.76.